The first-order valence-corrected chi connectivity index (χ1v) is 2.51. The zero-order valence-corrected chi connectivity index (χ0v) is 4.56. The van der Waals surface area contributed by atoms with Crippen molar-refractivity contribution >= 4 is 0 Å². The van der Waals surface area contributed by atoms with E-state index in [1.165, 1.54) is 5.54 Å². The fraction of sp³-hybridized carbons (Fsp3) is 1.00. The summed E-state index contributed by atoms with van der Waals surface area (Å²) in [5, 5.41) is 0. The van der Waals surface area contributed by atoms with Gasteiger partial charge in [-0.15, -0.1) is 10.0 Å². The van der Waals surface area contributed by atoms with Crippen LogP contribution in [0.4, 0.5) is 4.48 Å². The van der Waals surface area contributed by atoms with Gasteiger partial charge in [-0.1, -0.05) is 0 Å². The molecule has 1 aliphatic heterocycles. The molecule has 0 aromatic rings. The Hall–Kier alpha value is -0.190. The van der Waals surface area contributed by atoms with Crippen molar-refractivity contribution in [3.8, 4) is 0 Å². The third-order valence-corrected chi connectivity index (χ3v) is 0.890. The molecule has 0 saturated carbocycles. The summed E-state index contributed by atoms with van der Waals surface area (Å²) in [7, 11) is 0. The average molecular weight is 121 g/mol. The minimum atomic E-state index is -0.519. The third kappa shape index (κ3) is 1.15. The van der Waals surface area contributed by atoms with Crippen molar-refractivity contribution in [3.63, 3.8) is 0 Å². The lowest BCUT2D eigenvalue weighted by Crippen LogP contribution is -2.10. The molecular formula is C4H8FNO2. The molecule has 0 aliphatic carbocycles. The van der Waals surface area contributed by atoms with Gasteiger partial charge in [0.25, 0.3) is 0 Å². The summed E-state index contributed by atoms with van der Waals surface area (Å²) < 4.78 is 20.7. The van der Waals surface area contributed by atoms with Crippen molar-refractivity contribution in [1.29, 1.82) is 0 Å². The van der Waals surface area contributed by atoms with Crippen molar-refractivity contribution in [2.45, 2.75) is 19.4 Å². The molecule has 0 amide bonds. The number of hydrogen-bond acceptors (Lipinski definition) is 3. The van der Waals surface area contributed by atoms with Crippen LogP contribution in [0.15, 0.2) is 0 Å². The van der Waals surface area contributed by atoms with Crippen LogP contribution < -0.4 is 5.54 Å². The van der Waals surface area contributed by atoms with E-state index in [0.717, 1.165) is 0 Å². The normalized spacial score (nSPS) is 35.2. The number of halogens is 1. The fourth-order valence-electron chi connectivity index (χ4n) is 0.467. The van der Waals surface area contributed by atoms with Crippen LogP contribution in [0.2, 0.25) is 0 Å². The molecule has 0 aromatic carbocycles. The highest BCUT2D eigenvalue weighted by Gasteiger charge is 2.39. The molecule has 8 heavy (non-hydrogen) atoms. The Morgan fingerprint density at radius 3 is 3.00 bits per heavy atom. The van der Waals surface area contributed by atoms with Gasteiger partial charge in [-0.3, -0.25) is 0 Å². The Balaban J connectivity index is 1.99. The van der Waals surface area contributed by atoms with Gasteiger partial charge in [0.05, 0.1) is 0 Å². The topological polar surface area (TPSA) is 33.8 Å². The van der Waals surface area contributed by atoms with Gasteiger partial charge in [-0.2, -0.15) is 0 Å². The van der Waals surface area contributed by atoms with Crippen LogP contribution in [0.25, 0.3) is 0 Å². The monoisotopic (exact) mass is 121 g/mol. The van der Waals surface area contributed by atoms with E-state index in [2.05, 4.69) is 4.74 Å². The van der Waals surface area contributed by atoms with Crippen LogP contribution >= 0.6 is 0 Å². The Labute approximate surface area is 46.7 Å². The molecule has 1 aliphatic rings. The predicted molar refractivity (Wildman–Crippen MR) is 24.5 cm³/mol. The van der Waals surface area contributed by atoms with Crippen LogP contribution in [-0.4, -0.2) is 19.1 Å². The first-order valence-electron chi connectivity index (χ1n) is 2.51. The van der Waals surface area contributed by atoms with E-state index in [1.807, 2.05) is 6.92 Å². The number of hydrogen-bond donors (Lipinski definition) is 1. The lowest BCUT2D eigenvalue weighted by Gasteiger charge is -1.88. The number of nitrogens with one attached hydrogen (secondary N) is 1. The zero-order valence-electron chi connectivity index (χ0n) is 4.56. The fourth-order valence-corrected chi connectivity index (χ4v) is 0.467. The van der Waals surface area contributed by atoms with E-state index < -0.39 is 6.23 Å². The number of rotatable bonds is 3. The molecule has 1 fully saturated rings. The molecule has 0 bridgehead atoms. The standard InChI is InChI=1S/C4H8FNO2/c1-2-7-4-3(6-5)8-4/h3-4,6H,2H2,1H3. The van der Waals surface area contributed by atoms with Crippen LogP contribution in [0, 0.1) is 0 Å². The van der Waals surface area contributed by atoms with Crippen molar-refractivity contribution in [1.82, 2.24) is 5.54 Å². The Morgan fingerprint density at radius 2 is 2.62 bits per heavy atom. The van der Waals surface area contributed by atoms with Crippen LogP contribution in [0.1, 0.15) is 6.92 Å². The molecule has 1 N–H and O–H groups in total. The molecule has 0 spiro atoms. The lowest BCUT2D eigenvalue weighted by molar-refractivity contribution is 0.0592. The SMILES string of the molecule is CCOC1OC1NF. The van der Waals surface area contributed by atoms with E-state index in [9.17, 15) is 4.48 Å². The lowest BCUT2D eigenvalue weighted by atomic mass is 10.7. The third-order valence-electron chi connectivity index (χ3n) is 0.890. The van der Waals surface area contributed by atoms with E-state index in [1.54, 1.807) is 0 Å². The molecule has 2 atom stereocenters. The zero-order chi connectivity index (χ0) is 5.98. The summed E-state index contributed by atoms with van der Waals surface area (Å²) in [5.41, 5.74) is 1.43. The highest BCUT2D eigenvalue weighted by atomic mass is 19.2. The number of epoxide rings is 1. The predicted octanol–water partition coefficient (Wildman–Crippen LogP) is 0.179. The second kappa shape index (κ2) is 2.39. The molecule has 2 unspecified atom stereocenters. The maximum absolute atomic E-state index is 11.3. The smallest absolute Gasteiger partial charge is 0.201 e. The van der Waals surface area contributed by atoms with E-state index in [-0.39, 0.29) is 6.29 Å². The largest absolute Gasteiger partial charge is 0.349 e. The minimum Gasteiger partial charge on any atom is -0.349 e. The second-order valence-electron chi connectivity index (χ2n) is 1.49. The van der Waals surface area contributed by atoms with Crippen LogP contribution in [-0.2, 0) is 9.47 Å². The Morgan fingerprint density at radius 1 is 1.88 bits per heavy atom. The average Bonchev–Trinajstić information content (AvgIpc) is 2.48. The van der Waals surface area contributed by atoms with Crippen molar-refractivity contribution in [2.75, 3.05) is 6.61 Å². The summed E-state index contributed by atoms with van der Waals surface area (Å²) >= 11 is 0. The Kier molecular flexibility index (Phi) is 1.77. The van der Waals surface area contributed by atoms with Gasteiger partial charge in [0, 0.05) is 6.61 Å². The first-order chi connectivity index (χ1) is 3.88. The molecule has 0 aromatic heterocycles. The molecule has 4 heteroatoms. The molecular weight excluding hydrogens is 113 g/mol. The minimum absolute atomic E-state index is 0.356. The Bertz CT molecular complexity index is 80.4. The first kappa shape index (κ1) is 5.94. The molecule has 0 radical (unpaired) electrons. The van der Waals surface area contributed by atoms with Gasteiger partial charge < -0.3 is 9.47 Å². The van der Waals surface area contributed by atoms with Gasteiger partial charge >= 0.3 is 0 Å². The van der Waals surface area contributed by atoms with Crippen LogP contribution in [0.5, 0.6) is 0 Å². The molecule has 1 rings (SSSR count). The van der Waals surface area contributed by atoms with Crippen molar-refractivity contribution in [2.24, 2.45) is 0 Å². The quantitative estimate of drug-likeness (QED) is 0.427. The van der Waals surface area contributed by atoms with Gasteiger partial charge in [-0.25, -0.2) is 0 Å². The molecule has 48 valence electrons. The van der Waals surface area contributed by atoms with Gasteiger partial charge in [-0.05, 0) is 6.92 Å². The summed E-state index contributed by atoms with van der Waals surface area (Å²) in [6.45, 7) is 2.39. The molecule has 1 heterocycles. The molecule has 3 nitrogen and oxygen atoms in total. The van der Waals surface area contributed by atoms with Crippen LogP contribution in [0.3, 0.4) is 0 Å². The highest BCUT2D eigenvalue weighted by Crippen LogP contribution is 2.19. The maximum atomic E-state index is 11.3. The van der Waals surface area contributed by atoms with Crippen molar-refractivity contribution in [3.05, 3.63) is 0 Å². The summed E-state index contributed by atoms with van der Waals surface area (Å²) in [6, 6.07) is 0. The number of ether oxygens (including phenoxy) is 2. The summed E-state index contributed by atoms with van der Waals surface area (Å²) in [4.78, 5) is 0. The van der Waals surface area contributed by atoms with Gasteiger partial charge in [0.1, 0.15) is 0 Å². The van der Waals surface area contributed by atoms with Crippen molar-refractivity contribution < 1.29 is 14.0 Å². The van der Waals surface area contributed by atoms with E-state index in [4.69, 9.17) is 4.74 Å². The summed E-state index contributed by atoms with van der Waals surface area (Å²) in [6.07, 6.45) is -0.875. The highest BCUT2D eigenvalue weighted by molar-refractivity contribution is 4.69. The molecule has 1 saturated heterocycles. The van der Waals surface area contributed by atoms with E-state index >= 15 is 0 Å². The van der Waals surface area contributed by atoms with Gasteiger partial charge in [0.15, 0.2) is 6.23 Å². The van der Waals surface area contributed by atoms with Gasteiger partial charge in [0.2, 0.25) is 6.29 Å². The second-order valence-corrected chi connectivity index (χ2v) is 1.49. The maximum Gasteiger partial charge on any atom is 0.201 e. The van der Waals surface area contributed by atoms with E-state index in [0.29, 0.717) is 6.61 Å². The summed E-state index contributed by atoms with van der Waals surface area (Å²) in [5.74, 6) is 0.